The summed E-state index contributed by atoms with van der Waals surface area (Å²) < 4.78 is 33.5. The molecule has 0 bridgehead atoms. The fourth-order valence-corrected chi connectivity index (χ4v) is 4.67. The van der Waals surface area contributed by atoms with E-state index >= 15 is 0 Å². The van der Waals surface area contributed by atoms with Crippen LogP contribution >= 0.6 is 7.82 Å². The number of quaternary nitrogens is 1. The number of ether oxygens (including phenoxy) is 2. The van der Waals surface area contributed by atoms with Gasteiger partial charge in [0.2, 0.25) is 0 Å². The van der Waals surface area contributed by atoms with Gasteiger partial charge in [-0.3, -0.25) is 18.6 Å². The van der Waals surface area contributed by atoms with E-state index in [-0.39, 0.29) is 32.0 Å². The number of likely N-dealkylation sites (N-methyl/N-ethyl adjacent to an activating group) is 1. The normalized spacial score (nSPS) is 14.2. The quantitative estimate of drug-likeness (QED) is 0.0321. The highest BCUT2D eigenvalue weighted by molar-refractivity contribution is 7.47. The summed E-state index contributed by atoms with van der Waals surface area (Å²) >= 11 is 0. The van der Waals surface area contributed by atoms with Gasteiger partial charge in [-0.15, -0.1) is 0 Å². The number of phosphoric ester groups is 1. The molecule has 10 heteroatoms. The molecule has 0 rings (SSSR count). The Balaban J connectivity index is 4.19. The van der Waals surface area contributed by atoms with E-state index in [1.807, 2.05) is 28.1 Å². The van der Waals surface area contributed by atoms with Gasteiger partial charge in [-0.25, -0.2) is 4.57 Å². The molecule has 0 aromatic heterocycles. The minimum atomic E-state index is -4.34. The molecule has 1 N–H and O–H groups in total. The van der Waals surface area contributed by atoms with Gasteiger partial charge in [-0.2, -0.15) is 0 Å². The molecule has 0 aromatic carbocycles. The Morgan fingerprint density at radius 2 is 1.27 bits per heavy atom. The predicted octanol–water partition coefficient (Wildman–Crippen LogP) is 7.51. The van der Waals surface area contributed by atoms with Gasteiger partial charge >= 0.3 is 19.8 Å². The maximum atomic E-state index is 12.2. The molecule has 0 saturated carbocycles. The zero-order valence-electron chi connectivity index (χ0n) is 26.8. The van der Waals surface area contributed by atoms with Crippen LogP contribution in [0.1, 0.15) is 123 Å². The van der Waals surface area contributed by atoms with Crippen molar-refractivity contribution in [2.45, 2.75) is 129 Å². The number of nitrogens with zero attached hydrogens (tertiary/aromatic N) is 1. The lowest BCUT2D eigenvalue weighted by atomic mass is 10.1. The average molecular weight is 607 g/mol. The molecule has 0 saturated heterocycles. The van der Waals surface area contributed by atoms with Crippen LogP contribution in [0, 0.1) is 0 Å². The minimum Gasteiger partial charge on any atom is -0.462 e. The first-order valence-corrected chi connectivity index (χ1v) is 17.4. The Morgan fingerprint density at radius 1 is 0.732 bits per heavy atom. The molecule has 0 aliphatic carbocycles. The zero-order chi connectivity index (χ0) is 30.8. The number of carbonyl (C=O) groups excluding carboxylic acids is 2. The van der Waals surface area contributed by atoms with Crippen molar-refractivity contribution in [2.24, 2.45) is 0 Å². The third kappa shape index (κ3) is 28.6. The van der Waals surface area contributed by atoms with Crippen LogP contribution in [-0.2, 0) is 32.7 Å². The molecule has 1 unspecified atom stereocenters. The van der Waals surface area contributed by atoms with Gasteiger partial charge in [0.05, 0.1) is 27.7 Å². The Morgan fingerprint density at radius 3 is 1.85 bits per heavy atom. The number of hydrogen-bond acceptors (Lipinski definition) is 7. The largest absolute Gasteiger partial charge is 0.472 e. The fraction of sp³-hybridized carbons (Fsp3) is 0.871. The molecule has 0 radical (unpaired) electrons. The van der Waals surface area contributed by atoms with Gasteiger partial charge in [0, 0.05) is 12.8 Å². The highest BCUT2D eigenvalue weighted by Gasteiger charge is 2.27. The van der Waals surface area contributed by atoms with Crippen LogP contribution in [-0.4, -0.2) is 74.9 Å². The van der Waals surface area contributed by atoms with Crippen LogP contribution in [0.5, 0.6) is 0 Å². The summed E-state index contributed by atoms with van der Waals surface area (Å²) in [5.41, 5.74) is 0. The van der Waals surface area contributed by atoms with Crippen molar-refractivity contribution in [1.82, 2.24) is 0 Å². The average Bonchev–Trinajstić information content (AvgIpc) is 2.90. The molecule has 0 heterocycles. The van der Waals surface area contributed by atoms with Crippen LogP contribution < -0.4 is 0 Å². The van der Waals surface area contributed by atoms with E-state index < -0.39 is 26.5 Å². The first-order chi connectivity index (χ1) is 19.5. The van der Waals surface area contributed by atoms with Crippen molar-refractivity contribution in [3.05, 3.63) is 12.2 Å². The maximum Gasteiger partial charge on any atom is 0.472 e. The minimum absolute atomic E-state index is 0.0309. The molecule has 9 nitrogen and oxygen atoms in total. The third-order valence-corrected chi connectivity index (χ3v) is 7.53. The first-order valence-electron chi connectivity index (χ1n) is 15.9. The molecular weight excluding hydrogens is 545 g/mol. The Bertz CT molecular complexity index is 738. The molecule has 41 heavy (non-hydrogen) atoms. The summed E-state index contributed by atoms with van der Waals surface area (Å²) in [4.78, 5) is 34.3. The van der Waals surface area contributed by atoms with Crippen molar-refractivity contribution in [3.8, 4) is 0 Å². The van der Waals surface area contributed by atoms with E-state index in [0.29, 0.717) is 17.4 Å². The molecule has 0 aliphatic rings. The maximum absolute atomic E-state index is 12.2. The monoisotopic (exact) mass is 606 g/mol. The molecular formula is C31H61NO8P+. The number of carbonyl (C=O) groups is 2. The molecule has 2 atom stereocenters. The Kier molecular flexibility index (Phi) is 24.5. The smallest absolute Gasteiger partial charge is 0.462 e. The number of phosphoric acid groups is 1. The van der Waals surface area contributed by atoms with Gasteiger partial charge in [-0.1, -0.05) is 83.8 Å². The second kappa shape index (κ2) is 25.3. The first kappa shape index (κ1) is 39.8. The van der Waals surface area contributed by atoms with Gasteiger partial charge in [-0.05, 0) is 38.5 Å². The van der Waals surface area contributed by atoms with E-state index in [4.69, 9.17) is 18.5 Å². The van der Waals surface area contributed by atoms with E-state index in [1.54, 1.807) is 0 Å². The Hall–Kier alpha value is -1.25. The van der Waals surface area contributed by atoms with Crippen LogP contribution in [0.2, 0.25) is 0 Å². The van der Waals surface area contributed by atoms with E-state index in [1.165, 1.54) is 44.9 Å². The van der Waals surface area contributed by atoms with Crippen molar-refractivity contribution in [2.75, 3.05) is 47.5 Å². The summed E-state index contributed by atoms with van der Waals surface area (Å²) in [5.74, 6) is -0.851. The zero-order valence-corrected chi connectivity index (χ0v) is 27.7. The lowest BCUT2D eigenvalue weighted by Gasteiger charge is -2.24. The second-order valence-electron chi connectivity index (χ2n) is 11.8. The molecule has 0 aromatic rings. The van der Waals surface area contributed by atoms with Gasteiger partial charge < -0.3 is 18.9 Å². The topological polar surface area (TPSA) is 108 Å². The van der Waals surface area contributed by atoms with Gasteiger partial charge in [0.1, 0.15) is 19.8 Å². The van der Waals surface area contributed by atoms with Gasteiger partial charge in [0.15, 0.2) is 6.10 Å². The van der Waals surface area contributed by atoms with Crippen molar-refractivity contribution >= 4 is 19.8 Å². The van der Waals surface area contributed by atoms with Gasteiger partial charge in [0.25, 0.3) is 0 Å². The predicted molar refractivity (Wildman–Crippen MR) is 164 cm³/mol. The number of hydrogen-bond donors (Lipinski definition) is 1. The number of rotatable bonds is 28. The molecule has 0 amide bonds. The summed E-state index contributed by atoms with van der Waals surface area (Å²) in [6.45, 7) is 4.10. The van der Waals surface area contributed by atoms with E-state index in [9.17, 15) is 19.0 Å². The van der Waals surface area contributed by atoms with Crippen LogP contribution in [0.3, 0.4) is 0 Å². The summed E-state index contributed by atoms with van der Waals surface area (Å²) in [6, 6.07) is 0. The van der Waals surface area contributed by atoms with Crippen LogP contribution in [0.4, 0.5) is 0 Å². The highest BCUT2D eigenvalue weighted by atomic mass is 31.2. The fourth-order valence-electron chi connectivity index (χ4n) is 3.92. The summed E-state index contributed by atoms with van der Waals surface area (Å²) in [7, 11) is 1.47. The number of esters is 2. The SMILES string of the molecule is CCCCCCCC/C=C\CCCCCCCC(=O)OC[C@H](COP(=O)(O)OCC[N+](C)(C)C)OC(=O)CCCC. The number of unbranched alkanes of at least 4 members (excludes halogenated alkanes) is 12. The molecule has 242 valence electrons. The lowest BCUT2D eigenvalue weighted by molar-refractivity contribution is -0.870. The summed E-state index contributed by atoms with van der Waals surface area (Å²) in [5, 5.41) is 0. The second-order valence-corrected chi connectivity index (χ2v) is 13.3. The van der Waals surface area contributed by atoms with Crippen molar-refractivity contribution in [1.29, 1.82) is 0 Å². The van der Waals surface area contributed by atoms with Crippen LogP contribution in [0.15, 0.2) is 12.2 Å². The van der Waals surface area contributed by atoms with E-state index in [0.717, 1.165) is 44.9 Å². The molecule has 0 aliphatic heterocycles. The van der Waals surface area contributed by atoms with E-state index in [2.05, 4.69) is 19.1 Å². The highest BCUT2D eigenvalue weighted by Crippen LogP contribution is 2.43. The Labute approximate surface area is 250 Å². The third-order valence-electron chi connectivity index (χ3n) is 6.55. The van der Waals surface area contributed by atoms with Crippen molar-refractivity contribution in [3.63, 3.8) is 0 Å². The summed E-state index contributed by atoms with van der Waals surface area (Å²) in [6.07, 6.45) is 21.0. The van der Waals surface area contributed by atoms with Crippen LogP contribution in [0.25, 0.3) is 0 Å². The standard InChI is InChI=1S/C31H60NO8P/c1-6-8-10-11-12-13-14-15-16-17-18-19-20-21-22-24-30(33)37-27-29(40-31(34)23-9-7-2)28-39-41(35,36)38-26-25-32(3,4)5/h15-16,29H,6-14,17-28H2,1-5H3/p+1/b16-15-/t29-/m1/s1. The van der Waals surface area contributed by atoms with Crippen molar-refractivity contribution < 1.29 is 42.1 Å². The lowest BCUT2D eigenvalue weighted by Crippen LogP contribution is -2.37. The molecule has 0 fully saturated rings. The molecule has 0 spiro atoms. The number of allylic oxidation sites excluding steroid dienone is 2.